The van der Waals surface area contributed by atoms with Gasteiger partial charge >= 0.3 is 11.9 Å². The summed E-state index contributed by atoms with van der Waals surface area (Å²) >= 11 is 0. The molecular formula is C4H7NO4. The van der Waals surface area contributed by atoms with Crippen LogP contribution in [0.3, 0.4) is 0 Å². The fourth-order valence-corrected chi connectivity index (χ4v) is 0.267. The van der Waals surface area contributed by atoms with Crippen LogP contribution < -0.4 is 5.73 Å². The maximum atomic E-state index is 10.2. The average Bonchev–Trinajstić information content (AvgIpc) is 1.87. The highest BCUT2D eigenvalue weighted by atomic mass is 16.4. The molecule has 5 heteroatoms. The minimum absolute atomic E-state index is 0.473. The summed E-state index contributed by atoms with van der Waals surface area (Å²) in [6, 6.07) is -1.28. The summed E-state index contributed by atoms with van der Waals surface area (Å²) in [6.07, 6.45) is -0.473. The van der Waals surface area contributed by atoms with Crippen LogP contribution in [-0.4, -0.2) is 28.2 Å². The molecule has 4 N–H and O–H groups in total. The Hall–Kier alpha value is -1.10. The third-order valence-electron chi connectivity index (χ3n) is 0.704. The lowest BCUT2D eigenvalue weighted by Gasteiger charge is -1.99. The number of hydrogen-bond donors (Lipinski definition) is 3. The number of carboxylic acid groups (broad SMARTS) is 2. The van der Waals surface area contributed by atoms with Crippen LogP contribution in [0.1, 0.15) is 6.42 Å². The molecule has 0 heterocycles. The van der Waals surface area contributed by atoms with Crippen molar-refractivity contribution >= 4 is 11.9 Å². The minimum atomic E-state index is -1.29. The Labute approximate surface area is 52.6 Å². The van der Waals surface area contributed by atoms with Crippen LogP contribution in [0.15, 0.2) is 0 Å². The van der Waals surface area contributed by atoms with E-state index in [0.717, 1.165) is 0 Å². The Kier molecular flexibility index (Phi) is 2.03. The topological polar surface area (TPSA) is 101 Å². The summed E-state index contributed by atoms with van der Waals surface area (Å²) in [5.74, 6) is -2.24. The molecule has 0 spiro atoms. The van der Waals surface area contributed by atoms with Crippen molar-refractivity contribution in [1.82, 2.24) is 0 Å². The molecule has 52 valence electrons. The smallest absolute Gasteiger partial charge is 0.321 e. The van der Waals surface area contributed by atoms with Gasteiger partial charge in [-0.1, -0.05) is 0 Å². The number of nitrogens with two attached hydrogens (primary N) is 1. The lowest BCUT2D eigenvalue weighted by atomic mass is 10.2. The van der Waals surface area contributed by atoms with Crippen LogP contribution in [-0.2, 0) is 9.59 Å². The van der Waals surface area contributed by atoms with Gasteiger partial charge in [0.1, 0.15) is 6.04 Å². The highest BCUT2D eigenvalue weighted by Crippen LogP contribution is 1.86. The molecule has 0 aromatic heterocycles. The number of rotatable bonds is 3. The van der Waals surface area contributed by atoms with Crippen LogP contribution in [0.25, 0.3) is 1.43 Å². The molecule has 0 radical (unpaired) electrons. The summed E-state index contributed by atoms with van der Waals surface area (Å²) in [6.45, 7) is 0. The molecule has 1 atom stereocenters. The van der Waals surface area contributed by atoms with Crippen LogP contribution in [0.5, 0.6) is 0 Å². The largest absolute Gasteiger partial charge is 0.481 e. The lowest BCUT2D eigenvalue weighted by molar-refractivity contribution is -0.144. The predicted molar refractivity (Wildman–Crippen MR) is 27.9 cm³/mol. The van der Waals surface area contributed by atoms with Crippen molar-refractivity contribution in [1.29, 1.82) is 1.43 Å². The van der Waals surface area contributed by atoms with Crippen LogP contribution >= 0.6 is 0 Å². The van der Waals surface area contributed by atoms with E-state index in [0.29, 0.717) is 0 Å². The second-order valence-corrected chi connectivity index (χ2v) is 1.52. The maximum absolute atomic E-state index is 10.2. The number of carbonyl (C=O) groups is 2. The summed E-state index contributed by atoms with van der Waals surface area (Å²) < 4.78 is 6.04. The SMILES string of the molecule is [2H]OC(=O)C[C@@H](N)C(=O)O. The number of hydrogen-bond acceptors (Lipinski definition) is 4. The Morgan fingerprint density at radius 2 is 2.33 bits per heavy atom. The van der Waals surface area contributed by atoms with Crippen molar-refractivity contribution in [3.8, 4) is 0 Å². The molecule has 0 aliphatic carbocycles. The first-order chi connectivity index (χ1) is 4.57. The molecule has 0 aliphatic rings. The molecule has 0 saturated carbocycles. The molecule has 0 fully saturated rings. The van der Waals surface area contributed by atoms with Crippen molar-refractivity contribution in [2.24, 2.45) is 5.73 Å². The van der Waals surface area contributed by atoms with Gasteiger partial charge in [0.15, 0.2) is 0 Å². The Morgan fingerprint density at radius 3 is 2.67 bits per heavy atom. The molecule has 0 saturated heterocycles. The quantitative estimate of drug-likeness (QED) is 0.453. The van der Waals surface area contributed by atoms with Gasteiger partial charge in [-0.2, -0.15) is 0 Å². The fourth-order valence-electron chi connectivity index (χ4n) is 0.267. The summed E-state index contributed by atoms with van der Waals surface area (Å²) in [5, 5.41) is 11.6. The molecule has 0 aromatic carbocycles. The third kappa shape index (κ3) is 3.48. The van der Waals surface area contributed by atoms with Crippen molar-refractivity contribution in [3.63, 3.8) is 0 Å². The van der Waals surface area contributed by atoms with Crippen molar-refractivity contribution < 1.29 is 19.8 Å². The summed E-state index contributed by atoms with van der Waals surface area (Å²) in [5.41, 5.74) is 4.91. The first kappa shape index (κ1) is 6.03. The molecule has 5 nitrogen and oxygen atoms in total. The van der Waals surface area contributed by atoms with E-state index in [2.05, 4.69) is 5.11 Å². The van der Waals surface area contributed by atoms with Crippen molar-refractivity contribution in [2.75, 3.05) is 0 Å². The molecule has 0 aromatic rings. The lowest BCUT2D eigenvalue weighted by Crippen LogP contribution is -2.32. The van der Waals surface area contributed by atoms with E-state index < -0.39 is 24.4 Å². The Balaban J connectivity index is 3.68. The Bertz CT molecular complexity index is 148. The number of aliphatic carboxylic acids is 2. The van der Waals surface area contributed by atoms with E-state index in [4.69, 9.17) is 12.3 Å². The number of carboxylic acids is 2. The van der Waals surface area contributed by atoms with Crippen LogP contribution in [0.2, 0.25) is 0 Å². The summed E-state index contributed by atoms with van der Waals surface area (Å²) in [4.78, 5) is 20.1. The van der Waals surface area contributed by atoms with Gasteiger partial charge in [-0.3, -0.25) is 9.59 Å². The molecule has 0 amide bonds. The van der Waals surface area contributed by atoms with E-state index in [1.165, 1.54) is 0 Å². The molecule has 0 rings (SSSR count). The zero-order valence-electron chi connectivity index (χ0n) is 5.53. The fraction of sp³-hybridized carbons (Fsp3) is 0.500. The highest BCUT2D eigenvalue weighted by Gasteiger charge is 2.14. The van der Waals surface area contributed by atoms with Crippen molar-refractivity contribution in [3.05, 3.63) is 0 Å². The van der Waals surface area contributed by atoms with Gasteiger partial charge in [-0.25, -0.2) is 0 Å². The molecule has 0 bridgehead atoms. The predicted octanol–water partition coefficient (Wildman–Crippen LogP) is -1.13. The standard InChI is InChI=1S/C4H7NO4/c5-2(4(8)9)1-3(6)7/h2H,1,5H2,(H,6,7)(H,8,9)/t2-/m1/s1/i/hD. The first-order valence-electron chi connectivity index (χ1n) is 2.63. The second kappa shape index (κ2) is 3.03. The third-order valence-corrected chi connectivity index (χ3v) is 0.704. The van der Waals surface area contributed by atoms with Crippen molar-refractivity contribution in [2.45, 2.75) is 12.5 Å². The van der Waals surface area contributed by atoms with Gasteiger partial charge in [0, 0.05) is 0 Å². The summed E-state index contributed by atoms with van der Waals surface area (Å²) in [7, 11) is 0. The van der Waals surface area contributed by atoms with Gasteiger partial charge in [0.25, 0.3) is 1.43 Å². The van der Waals surface area contributed by atoms with Gasteiger partial charge in [0.2, 0.25) is 0 Å². The maximum Gasteiger partial charge on any atom is 0.321 e. The monoisotopic (exact) mass is 134 g/mol. The second-order valence-electron chi connectivity index (χ2n) is 1.52. The van der Waals surface area contributed by atoms with E-state index in [1.807, 2.05) is 0 Å². The van der Waals surface area contributed by atoms with E-state index in [1.54, 1.807) is 0 Å². The van der Waals surface area contributed by atoms with Gasteiger partial charge in [-0.05, 0) is 0 Å². The molecular weight excluding hydrogens is 126 g/mol. The first-order valence-corrected chi connectivity index (χ1v) is 2.22. The van der Waals surface area contributed by atoms with Gasteiger partial charge in [0.05, 0.1) is 6.42 Å². The highest BCUT2D eigenvalue weighted by molar-refractivity contribution is 5.80. The van der Waals surface area contributed by atoms with Gasteiger partial charge in [-0.15, -0.1) is 0 Å². The molecule has 0 unspecified atom stereocenters. The average molecular weight is 134 g/mol. The zero-order chi connectivity index (χ0) is 8.15. The molecule has 0 aliphatic heterocycles. The minimum Gasteiger partial charge on any atom is -0.481 e. The van der Waals surface area contributed by atoms with Crippen LogP contribution in [0.4, 0.5) is 0 Å². The molecule has 9 heavy (non-hydrogen) atoms. The zero-order valence-corrected chi connectivity index (χ0v) is 4.53. The normalized spacial score (nSPS) is 13.7. The van der Waals surface area contributed by atoms with E-state index in [-0.39, 0.29) is 0 Å². The van der Waals surface area contributed by atoms with E-state index in [9.17, 15) is 9.59 Å². The van der Waals surface area contributed by atoms with Crippen LogP contribution in [0, 0.1) is 0 Å². The Morgan fingerprint density at radius 1 is 1.78 bits per heavy atom. The van der Waals surface area contributed by atoms with Gasteiger partial charge < -0.3 is 15.9 Å². The van der Waals surface area contributed by atoms with E-state index >= 15 is 0 Å².